The predicted octanol–water partition coefficient (Wildman–Crippen LogP) is 2.35. The Morgan fingerprint density at radius 1 is 1.17 bits per heavy atom. The fourth-order valence-electron chi connectivity index (χ4n) is 2.80. The van der Waals surface area contributed by atoms with Crippen LogP contribution in [-0.2, 0) is 0 Å². The van der Waals surface area contributed by atoms with Crippen LogP contribution in [0.25, 0.3) is 16.5 Å². The summed E-state index contributed by atoms with van der Waals surface area (Å²) in [6, 6.07) is 16.6. The highest BCUT2D eigenvalue weighted by molar-refractivity contribution is 5.88. The molecule has 3 aromatic rings. The van der Waals surface area contributed by atoms with Gasteiger partial charge in [-0.05, 0) is 36.6 Å². The average molecular weight is 318 g/mol. The Labute approximate surface area is 140 Å². The van der Waals surface area contributed by atoms with Gasteiger partial charge in [0.05, 0.1) is 5.39 Å². The van der Waals surface area contributed by atoms with Crippen molar-refractivity contribution in [2.45, 2.75) is 13.0 Å². The van der Waals surface area contributed by atoms with Crippen LogP contribution in [-0.4, -0.2) is 16.3 Å². The van der Waals surface area contributed by atoms with Crippen LogP contribution in [0.4, 0.5) is 0 Å². The van der Waals surface area contributed by atoms with Gasteiger partial charge in [0, 0.05) is 23.0 Å². The van der Waals surface area contributed by atoms with Gasteiger partial charge < -0.3 is 10.8 Å². The minimum Gasteiger partial charge on any atom is -0.384 e. The van der Waals surface area contributed by atoms with Gasteiger partial charge in [-0.1, -0.05) is 42.2 Å². The molecule has 0 aliphatic heterocycles. The van der Waals surface area contributed by atoms with Gasteiger partial charge >= 0.3 is 0 Å². The third-order valence-electron chi connectivity index (χ3n) is 3.86. The molecular formula is C20H18N2O2. The molecule has 0 spiro atoms. The third kappa shape index (κ3) is 2.83. The zero-order chi connectivity index (χ0) is 17.1. The van der Waals surface area contributed by atoms with Gasteiger partial charge in [0.15, 0.2) is 0 Å². The quantitative estimate of drug-likeness (QED) is 0.713. The van der Waals surface area contributed by atoms with E-state index in [-0.39, 0.29) is 18.2 Å². The van der Waals surface area contributed by atoms with Crippen LogP contribution in [0.15, 0.2) is 59.4 Å². The van der Waals surface area contributed by atoms with Gasteiger partial charge in [0.1, 0.15) is 6.61 Å². The molecule has 0 saturated carbocycles. The van der Waals surface area contributed by atoms with Crippen molar-refractivity contribution >= 4 is 10.8 Å². The number of rotatable bonds is 2. The fraction of sp³-hybridized carbons (Fsp3) is 0.150. The van der Waals surface area contributed by atoms with Crippen LogP contribution >= 0.6 is 0 Å². The van der Waals surface area contributed by atoms with Crippen LogP contribution in [0.1, 0.15) is 24.2 Å². The van der Waals surface area contributed by atoms with Crippen LogP contribution in [0.5, 0.6) is 0 Å². The molecule has 0 aliphatic rings. The van der Waals surface area contributed by atoms with Crippen molar-refractivity contribution in [3.05, 3.63) is 76.2 Å². The molecule has 0 amide bonds. The molecule has 120 valence electrons. The van der Waals surface area contributed by atoms with Crippen molar-refractivity contribution in [1.29, 1.82) is 0 Å². The first kappa shape index (κ1) is 16.0. The molecule has 0 aliphatic carbocycles. The first-order valence-corrected chi connectivity index (χ1v) is 7.73. The Balaban J connectivity index is 2.43. The Morgan fingerprint density at radius 3 is 2.58 bits per heavy atom. The van der Waals surface area contributed by atoms with Crippen molar-refractivity contribution in [2.75, 3.05) is 6.61 Å². The van der Waals surface area contributed by atoms with Crippen LogP contribution in [0, 0.1) is 11.8 Å². The Morgan fingerprint density at radius 2 is 1.92 bits per heavy atom. The van der Waals surface area contributed by atoms with Gasteiger partial charge in [0.25, 0.3) is 5.56 Å². The maximum atomic E-state index is 13.2. The summed E-state index contributed by atoms with van der Waals surface area (Å²) in [5.41, 5.74) is 8.06. The molecule has 3 rings (SSSR count). The second-order valence-electron chi connectivity index (χ2n) is 5.56. The molecule has 1 unspecified atom stereocenters. The van der Waals surface area contributed by atoms with Crippen molar-refractivity contribution < 1.29 is 5.11 Å². The van der Waals surface area contributed by atoms with Crippen molar-refractivity contribution in [3.63, 3.8) is 0 Å². The minimum atomic E-state index is -0.297. The molecule has 0 bridgehead atoms. The topological polar surface area (TPSA) is 68.2 Å². The SMILES string of the molecule is CC(N)c1cc2cccc(C#CCO)c2c(=O)n1-c1ccccc1. The summed E-state index contributed by atoms with van der Waals surface area (Å²) >= 11 is 0. The van der Waals surface area contributed by atoms with Gasteiger partial charge in [-0.2, -0.15) is 0 Å². The number of hydrogen-bond acceptors (Lipinski definition) is 3. The molecule has 3 N–H and O–H groups in total. The summed E-state index contributed by atoms with van der Waals surface area (Å²) in [6.45, 7) is 1.61. The highest BCUT2D eigenvalue weighted by atomic mass is 16.2. The highest BCUT2D eigenvalue weighted by Gasteiger charge is 2.15. The average Bonchev–Trinajstić information content (AvgIpc) is 2.60. The Hall–Kier alpha value is -2.87. The van der Waals surface area contributed by atoms with E-state index >= 15 is 0 Å². The van der Waals surface area contributed by atoms with Gasteiger partial charge in [-0.15, -0.1) is 0 Å². The molecule has 0 radical (unpaired) electrons. The summed E-state index contributed by atoms with van der Waals surface area (Å²) in [7, 11) is 0. The van der Waals surface area contributed by atoms with E-state index in [0.29, 0.717) is 10.9 Å². The summed E-state index contributed by atoms with van der Waals surface area (Å²) < 4.78 is 1.64. The lowest BCUT2D eigenvalue weighted by Gasteiger charge is -2.17. The minimum absolute atomic E-state index is 0.158. The first-order valence-electron chi connectivity index (χ1n) is 7.73. The van der Waals surface area contributed by atoms with Crippen LogP contribution in [0.2, 0.25) is 0 Å². The number of fused-ring (bicyclic) bond motifs is 1. The molecule has 24 heavy (non-hydrogen) atoms. The third-order valence-corrected chi connectivity index (χ3v) is 3.86. The summed E-state index contributed by atoms with van der Waals surface area (Å²) in [5.74, 6) is 5.47. The molecule has 4 heteroatoms. The fourth-order valence-corrected chi connectivity index (χ4v) is 2.80. The summed E-state index contributed by atoms with van der Waals surface area (Å²) in [5, 5.41) is 10.3. The van der Waals surface area contributed by atoms with Crippen LogP contribution < -0.4 is 11.3 Å². The van der Waals surface area contributed by atoms with Gasteiger partial charge in [-0.3, -0.25) is 9.36 Å². The molecule has 4 nitrogen and oxygen atoms in total. The number of aliphatic hydroxyl groups is 1. The lowest BCUT2D eigenvalue weighted by Crippen LogP contribution is -2.26. The van der Waals surface area contributed by atoms with E-state index in [1.807, 2.05) is 55.5 Å². The van der Waals surface area contributed by atoms with Crippen LogP contribution in [0.3, 0.4) is 0 Å². The van der Waals surface area contributed by atoms with E-state index in [1.54, 1.807) is 10.6 Å². The number of para-hydroxylation sites is 1. The number of aromatic nitrogens is 1. The van der Waals surface area contributed by atoms with E-state index in [9.17, 15) is 4.79 Å². The molecular weight excluding hydrogens is 300 g/mol. The number of pyridine rings is 1. The van der Waals surface area contributed by atoms with E-state index in [4.69, 9.17) is 10.8 Å². The molecule has 0 fully saturated rings. The normalized spacial score (nSPS) is 11.8. The number of nitrogens with two attached hydrogens (primary N) is 1. The highest BCUT2D eigenvalue weighted by Crippen LogP contribution is 2.21. The largest absolute Gasteiger partial charge is 0.384 e. The predicted molar refractivity (Wildman–Crippen MR) is 96.1 cm³/mol. The Bertz CT molecular complexity index is 993. The molecule has 0 saturated heterocycles. The van der Waals surface area contributed by atoms with E-state index in [2.05, 4.69) is 11.8 Å². The molecule has 1 heterocycles. The second-order valence-corrected chi connectivity index (χ2v) is 5.56. The standard InChI is InChI=1S/C20H18N2O2/c1-14(21)18-13-16-8-5-7-15(9-6-12-23)19(16)20(24)22(18)17-10-3-2-4-11-17/h2-5,7-8,10-11,13-14,23H,12,21H2,1H3. The smallest absolute Gasteiger partial charge is 0.264 e. The second kappa shape index (κ2) is 6.71. The zero-order valence-corrected chi connectivity index (χ0v) is 13.4. The lowest BCUT2D eigenvalue weighted by molar-refractivity contribution is 0.350. The molecule has 1 aromatic heterocycles. The number of benzene rings is 2. The summed E-state index contributed by atoms with van der Waals surface area (Å²) in [4.78, 5) is 13.2. The summed E-state index contributed by atoms with van der Waals surface area (Å²) in [6.07, 6.45) is 0. The van der Waals surface area contributed by atoms with Crippen molar-refractivity contribution in [2.24, 2.45) is 5.73 Å². The maximum absolute atomic E-state index is 13.2. The lowest BCUT2D eigenvalue weighted by atomic mass is 10.0. The number of hydrogen-bond donors (Lipinski definition) is 2. The monoisotopic (exact) mass is 318 g/mol. The number of nitrogens with zero attached hydrogens (tertiary/aromatic N) is 1. The van der Waals surface area contributed by atoms with Crippen molar-refractivity contribution in [3.8, 4) is 17.5 Å². The van der Waals surface area contributed by atoms with E-state index in [1.165, 1.54) is 0 Å². The number of aliphatic hydroxyl groups excluding tert-OH is 1. The van der Waals surface area contributed by atoms with E-state index < -0.39 is 0 Å². The zero-order valence-electron chi connectivity index (χ0n) is 13.4. The molecule has 2 aromatic carbocycles. The molecule has 1 atom stereocenters. The van der Waals surface area contributed by atoms with Crippen molar-refractivity contribution in [1.82, 2.24) is 4.57 Å². The first-order chi connectivity index (χ1) is 11.6. The maximum Gasteiger partial charge on any atom is 0.264 e. The van der Waals surface area contributed by atoms with Gasteiger partial charge in [0.2, 0.25) is 0 Å². The van der Waals surface area contributed by atoms with Gasteiger partial charge in [-0.25, -0.2) is 0 Å². The van der Waals surface area contributed by atoms with E-state index in [0.717, 1.165) is 16.8 Å². The Kier molecular flexibility index (Phi) is 4.48.